The number of fused-ring (bicyclic) bond motifs is 4. The smallest absolute Gasteiger partial charge is 0.350 e. The molecule has 1 aliphatic carbocycles. The number of hydrogen-bond donors (Lipinski definition) is 0. The summed E-state index contributed by atoms with van der Waals surface area (Å²) in [4.78, 5) is 41.4. The highest BCUT2D eigenvalue weighted by molar-refractivity contribution is 6.12. The highest BCUT2D eigenvalue weighted by Crippen LogP contribution is 2.57. The minimum atomic E-state index is -1.31. The molecule has 222 valence electrons. The molecule has 1 unspecified atom stereocenters. The van der Waals surface area contributed by atoms with E-state index in [1.807, 2.05) is 89.8 Å². The summed E-state index contributed by atoms with van der Waals surface area (Å²) in [5.74, 6) is -0.602. The Morgan fingerprint density at radius 2 is 1.59 bits per heavy atom. The van der Waals surface area contributed by atoms with E-state index in [2.05, 4.69) is 0 Å². The molecular weight excluding hydrogens is 560 g/mol. The second-order valence-corrected chi connectivity index (χ2v) is 11.4. The van der Waals surface area contributed by atoms with Crippen molar-refractivity contribution in [2.24, 2.45) is 0 Å². The third-order valence-corrected chi connectivity index (χ3v) is 8.97. The lowest BCUT2D eigenvalue weighted by Gasteiger charge is -2.38. The van der Waals surface area contributed by atoms with Gasteiger partial charge in [0.15, 0.2) is 5.75 Å². The lowest BCUT2D eigenvalue weighted by molar-refractivity contribution is -0.386. The molecule has 1 fully saturated rings. The molecule has 3 aliphatic rings. The van der Waals surface area contributed by atoms with Crippen molar-refractivity contribution >= 4 is 23.3 Å². The first kappa shape index (κ1) is 27.6. The summed E-state index contributed by atoms with van der Waals surface area (Å²) in [5, 5.41) is 12.2. The molecule has 2 heterocycles. The van der Waals surface area contributed by atoms with Gasteiger partial charge in [-0.25, -0.2) is 4.79 Å². The molecule has 2 aliphatic heterocycles. The number of anilines is 1. The van der Waals surface area contributed by atoms with Gasteiger partial charge in [-0.3, -0.25) is 19.8 Å². The fourth-order valence-electron chi connectivity index (χ4n) is 6.70. The molecule has 1 saturated carbocycles. The van der Waals surface area contributed by atoms with Crippen molar-refractivity contribution in [3.05, 3.63) is 129 Å². The van der Waals surface area contributed by atoms with Crippen molar-refractivity contribution in [1.29, 1.82) is 0 Å². The van der Waals surface area contributed by atoms with Gasteiger partial charge in [-0.15, -0.1) is 0 Å². The number of nitrogens with zero attached hydrogens (tertiary/aromatic N) is 2. The summed E-state index contributed by atoms with van der Waals surface area (Å²) in [6.45, 7) is 1.84. The van der Waals surface area contributed by atoms with Crippen molar-refractivity contribution in [1.82, 2.24) is 0 Å². The Kier molecular flexibility index (Phi) is 6.61. The van der Waals surface area contributed by atoms with Crippen LogP contribution in [-0.4, -0.2) is 35.6 Å². The van der Waals surface area contributed by atoms with Crippen molar-refractivity contribution in [3.8, 4) is 11.5 Å². The Morgan fingerprint density at radius 3 is 2.18 bits per heavy atom. The van der Waals surface area contributed by atoms with E-state index in [9.17, 15) is 14.9 Å². The lowest BCUT2D eigenvalue weighted by atomic mass is 9.76. The summed E-state index contributed by atoms with van der Waals surface area (Å²) in [5.41, 5.74) is 0.891. The molecule has 9 nitrogen and oxygen atoms in total. The third kappa shape index (κ3) is 4.06. The molecule has 4 aromatic carbocycles. The second kappa shape index (κ2) is 10.5. The van der Waals surface area contributed by atoms with Gasteiger partial charge in [-0.05, 0) is 55.0 Å². The van der Waals surface area contributed by atoms with Crippen LogP contribution in [0.15, 0.2) is 97.1 Å². The normalized spacial score (nSPS) is 19.2. The van der Waals surface area contributed by atoms with Gasteiger partial charge in [0.05, 0.1) is 23.6 Å². The van der Waals surface area contributed by atoms with Gasteiger partial charge < -0.3 is 14.2 Å². The average Bonchev–Trinajstić information content (AvgIpc) is 3.51. The van der Waals surface area contributed by atoms with Gasteiger partial charge >= 0.3 is 11.7 Å². The zero-order valence-electron chi connectivity index (χ0n) is 24.1. The molecule has 1 amide bonds. The summed E-state index contributed by atoms with van der Waals surface area (Å²) >= 11 is 0. The van der Waals surface area contributed by atoms with Crippen molar-refractivity contribution in [2.75, 3.05) is 18.1 Å². The number of rotatable bonds is 8. The molecule has 7 rings (SSSR count). The number of benzene rings is 4. The molecule has 0 saturated heterocycles. The number of carbonyl (C=O) groups excluding carboxylic acids is 2. The largest absolute Gasteiger partial charge is 0.491 e. The Labute approximate surface area is 254 Å². The molecule has 0 bridgehead atoms. The maximum absolute atomic E-state index is 15.0. The number of nitro groups is 1. The van der Waals surface area contributed by atoms with Crippen molar-refractivity contribution in [3.63, 3.8) is 0 Å². The third-order valence-electron chi connectivity index (χ3n) is 8.97. The van der Waals surface area contributed by atoms with Crippen LogP contribution in [0.5, 0.6) is 11.5 Å². The predicted molar refractivity (Wildman–Crippen MR) is 162 cm³/mol. The fraction of sp³-hybridized carbons (Fsp3) is 0.257. The van der Waals surface area contributed by atoms with Crippen LogP contribution in [0.25, 0.3) is 0 Å². The highest BCUT2D eigenvalue weighted by atomic mass is 16.6. The van der Waals surface area contributed by atoms with E-state index in [-0.39, 0.29) is 36.3 Å². The first-order valence-corrected chi connectivity index (χ1v) is 14.7. The van der Waals surface area contributed by atoms with Crippen molar-refractivity contribution < 1.29 is 28.7 Å². The molecule has 4 aromatic rings. The molecule has 0 radical (unpaired) electrons. The van der Waals surface area contributed by atoms with E-state index in [1.54, 1.807) is 6.92 Å². The fourth-order valence-corrected chi connectivity index (χ4v) is 6.70. The van der Waals surface area contributed by atoms with E-state index in [4.69, 9.17) is 14.2 Å². The Bertz CT molecular complexity index is 1730. The van der Waals surface area contributed by atoms with Crippen LogP contribution in [0.1, 0.15) is 54.5 Å². The quantitative estimate of drug-likeness (QED) is 0.135. The Morgan fingerprint density at radius 1 is 0.955 bits per heavy atom. The molecule has 1 atom stereocenters. The lowest BCUT2D eigenvalue weighted by Crippen LogP contribution is -2.51. The monoisotopic (exact) mass is 590 g/mol. The van der Waals surface area contributed by atoms with Gasteiger partial charge in [0.25, 0.3) is 0 Å². The number of esters is 1. The van der Waals surface area contributed by atoms with Gasteiger partial charge in [-0.1, -0.05) is 78.9 Å². The molecule has 9 heteroatoms. The maximum atomic E-state index is 15.0. The standard InChI is InChI=1S/C35H30N2O7/c1-2-42-33(39)34(18-11-19-34)44-30-20-26-29(21-28(30)37(40)41)43-22-35(26)25-16-9-10-17-27(25)36(32(35)38)31(23-12-5-3-6-13-23)24-14-7-4-8-15-24/h3-10,12-17,20-21,31H,2,11,18-19,22H2,1H3. The van der Waals surface area contributed by atoms with Gasteiger partial charge in [0.1, 0.15) is 17.8 Å². The van der Waals surface area contributed by atoms with Gasteiger partial charge in [0, 0.05) is 11.3 Å². The molecule has 0 aromatic heterocycles. The number of nitro benzene ring substituents is 1. The predicted octanol–water partition coefficient (Wildman–Crippen LogP) is 6.27. The first-order valence-electron chi connectivity index (χ1n) is 14.7. The van der Waals surface area contributed by atoms with Crippen LogP contribution in [-0.2, 0) is 19.7 Å². The van der Waals surface area contributed by atoms with E-state index in [0.717, 1.165) is 28.8 Å². The SMILES string of the molecule is CCOC(=O)C1(Oc2cc3c(cc2[N+](=O)[O-])OCC32C(=O)N(C(c3ccccc3)c3ccccc3)c3ccccc32)CCC1. The van der Waals surface area contributed by atoms with Crippen LogP contribution in [0.3, 0.4) is 0 Å². The topological polar surface area (TPSA) is 108 Å². The maximum Gasteiger partial charge on any atom is 0.350 e. The van der Waals surface area contributed by atoms with Gasteiger partial charge in [0.2, 0.25) is 11.5 Å². The zero-order chi connectivity index (χ0) is 30.5. The zero-order valence-corrected chi connectivity index (χ0v) is 24.1. The summed E-state index contributed by atoms with van der Waals surface area (Å²) in [7, 11) is 0. The van der Waals surface area contributed by atoms with E-state index in [0.29, 0.717) is 18.4 Å². The number of hydrogen-bond acceptors (Lipinski definition) is 7. The Hall–Kier alpha value is -5.18. The number of amides is 1. The minimum Gasteiger partial charge on any atom is -0.491 e. The first-order chi connectivity index (χ1) is 21.4. The molecular formula is C35H30N2O7. The summed E-state index contributed by atoms with van der Waals surface area (Å²) in [6, 6.07) is 29.7. The van der Waals surface area contributed by atoms with E-state index < -0.39 is 28.0 Å². The van der Waals surface area contributed by atoms with Crippen LogP contribution < -0.4 is 14.4 Å². The minimum absolute atomic E-state index is 0.0331. The second-order valence-electron chi connectivity index (χ2n) is 11.4. The summed E-state index contributed by atoms with van der Waals surface area (Å²) < 4.78 is 17.6. The van der Waals surface area contributed by atoms with E-state index in [1.165, 1.54) is 12.1 Å². The number of ether oxygens (including phenoxy) is 3. The van der Waals surface area contributed by atoms with Crippen LogP contribution in [0.2, 0.25) is 0 Å². The van der Waals surface area contributed by atoms with Gasteiger partial charge in [-0.2, -0.15) is 0 Å². The Balaban J connectivity index is 1.39. The van der Waals surface area contributed by atoms with Crippen LogP contribution >= 0.6 is 0 Å². The highest BCUT2D eigenvalue weighted by Gasteiger charge is 2.59. The number of para-hydroxylation sites is 1. The van der Waals surface area contributed by atoms with Crippen LogP contribution in [0.4, 0.5) is 11.4 Å². The molecule has 1 spiro atoms. The van der Waals surface area contributed by atoms with Crippen LogP contribution in [0, 0.1) is 10.1 Å². The summed E-state index contributed by atoms with van der Waals surface area (Å²) in [6.07, 6.45) is 1.49. The molecule has 0 N–H and O–H groups in total. The van der Waals surface area contributed by atoms with Crippen molar-refractivity contribution in [2.45, 2.75) is 43.2 Å². The molecule has 44 heavy (non-hydrogen) atoms. The average molecular weight is 591 g/mol. The number of carbonyl (C=O) groups is 2. The van der Waals surface area contributed by atoms with E-state index >= 15 is 4.79 Å².